The number of hydrogen-bond acceptors (Lipinski definition) is 3. The fourth-order valence-electron chi connectivity index (χ4n) is 1.78. The summed E-state index contributed by atoms with van der Waals surface area (Å²) in [6.07, 6.45) is 5.01. The van der Waals surface area contributed by atoms with Crippen LogP contribution in [0.5, 0.6) is 0 Å². The van der Waals surface area contributed by atoms with Crippen LogP contribution in [0.1, 0.15) is 24.2 Å². The zero-order chi connectivity index (χ0) is 16.0. The van der Waals surface area contributed by atoms with E-state index in [4.69, 9.17) is 6.42 Å². The number of benzene rings is 1. The number of hydrogen-bond donors (Lipinski definition) is 1. The van der Waals surface area contributed by atoms with Gasteiger partial charge in [-0.15, -0.1) is 6.42 Å². The molecule has 1 aromatic rings. The van der Waals surface area contributed by atoms with E-state index in [0.29, 0.717) is 0 Å². The second-order valence-electron chi connectivity index (χ2n) is 4.12. The number of nitrogens with one attached hydrogen (secondary N) is 1. The number of terminal acetylenes is 1. The van der Waals surface area contributed by atoms with Crippen LogP contribution in [0.25, 0.3) is 0 Å². The third kappa shape index (κ3) is 3.80. The molecule has 7 heteroatoms. The summed E-state index contributed by atoms with van der Waals surface area (Å²) in [6, 6.07) is 3.12. The Balaban J connectivity index is 3.24. The molecule has 1 amide bonds. The number of nitrogens with zero attached hydrogens (tertiary/aromatic N) is 1. The molecule has 0 aliphatic heterocycles. The zero-order valence-electron chi connectivity index (χ0n) is 11.9. The lowest BCUT2D eigenvalue weighted by Gasteiger charge is -2.18. The normalized spacial score (nSPS) is 11.2. The lowest BCUT2D eigenvalue weighted by molar-refractivity contribution is 0.0954. The van der Waals surface area contributed by atoms with Gasteiger partial charge in [0.1, 0.15) is 5.82 Å². The topological polar surface area (TPSA) is 66.5 Å². The molecule has 0 aliphatic rings. The first-order valence-electron chi connectivity index (χ1n) is 6.39. The molecular weight excluding hydrogens is 295 g/mol. The molecule has 0 bridgehead atoms. The van der Waals surface area contributed by atoms with Gasteiger partial charge in [0, 0.05) is 13.1 Å². The maximum atomic E-state index is 13.7. The van der Waals surface area contributed by atoms with Gasteiger partial charge in [0.05, 0.1) is 17.0 Å². The molecule has 0 aromatic heterocycles. The molecule has 114 valence electrons. The molecule has 0 aliphatic carbocycles. The predicted molar refractivity (Wildman–Crippen MR) is 77.7 cm³/mol. The van der Waals surface area contributed by atoms with Gasteiger partial charge in [0.25, 0.3) is 5.91 Å². The van der Waals surface area contributed by atoms with E-state index in [2.05, 4.69) is 11.2 Å². The second-order valence-corrected chi connectivity index (χ2v) is 6.06. The first-order chi connectivity index (χ1) is 9.88. The predicted octanol–water partition coefficient (Wildman–Crippen LogP) is 1.22. The van der Waals surface area contributed by atoms with Crippen molar-refractivity contribution in [3.63, 3.8) is 0 Å². The molecule has 21 heavy (non-hydrogen) atoms. The highest BCUT2D eigenvalue weighted by Crippen LogP contribution is 2.19. The van der Waals surface area contributed by atoms with Crippen LogP contribution in [-0.2, 0) is 10.0 Å². The summed E-state index contributed by atoms with van der Waals surface area (Å²) in [5, 5.41) is 2.30. The van der Waals surface area contributed by atoms with E-state index in [9.17, 15) is 17.6 Å². The van der Waals surface area contributed by atoms with Crippen LogP contribution in [0.4, 0.5) is 4.39 Å². The van der Waals surface area contributed by atoms with Crippen molar-refractivity contribution in [2.45, 2.75) is 18.7 Å². The smallest absolute Gasteiger partial charge is 0.255 e. The van der Waals surface area contributed by atoms with Crippen molar-refractivity contribution < 1.29 is 17.6 Å². The fraction of sp³-hybridized carbons (Fsp3) is 0.357. The number of carbonyl (C=O) groups is 1. The Morgan fingerprint density at radius 3 is 2.52 bits per heavy atom. The average Bonchev–Trinajstić information content (AvgIpc) is 2.46. The Hall–Kier alpha value is -1.91. The summed E-state index contributed by atoms with van der Waals surface area (Å²) in [7, 11) is -3.75. The molecule has 0 fully saturated rings. The lowest BCUT2D eigenvalue weighted by atomic mass is 10.2. The summed E-state index contributed by atoms with van der Waals surface area (Å²) in [5.74, 6) is 0.637. The Labute approximate surface area is 124 Å². The Bertz CT molecular complexity index is 661. The standard InChI is InChI=1S/C14H17FN2O3S/c1-4-9-16-14(18)12-10-11(7-8-13(12)15)21(19,20)17(5-2)6-3/h1,7-8,10H,5-6,9H2,2-3H3,(H,16,18). The molecule has 0 atom stereocenters. The van der Waals surface area contributed by atoms with Gasteiger partial charge in [-0.25, -0.2) is 12.8 Å². The second kappa shape index (κ2) is 7.20. The molecule has 5 nitrogen and oxygen atoms in total. The van der Waals surface area contributed by atoms with E-state index >= 15 is 0 Å². The maximum absolute atomic E-state index is 13.7. The molecule has 1 N–H and O–H groups in total. The summed E-state index contributed by atoms with van der Waals surface area (Å²) < 4.78 is 39.6. The largest absolute Gasteiger partial charge is 0.341 e. The van der Waals surface area contributed by atoms with E-state index in [0.717, 1.165) is 18.2 Å². The van der Waals surface area contributed by atoms with E-state index in [1.54, 1.807) is 13.8 Å². The van der Waals surface area contributed by atoms with Crippen molar-refractivity contribution in [2.75, 3.05) is 19.6 Å². The van der Waals surface area contributed by atoms with Crippen LogP contribution in [-0.4, -0.2) is 38.3 Å². The minimum absolute atomic E-state index is 0.0642. The van der Waals surface area contributed by atoms with Crippen LogP contribution in [0.3, 0.4) is 0 Å². The van der Waals surface area contributed by atoms with Crippen molar-refractivity contribution in [3.8, 4) is 12.3 Å². The van der Waals surface area contributed by atoms with Gasteiger partial charge < -0.3 is 5.32 Å². The van der Waals surface area contributed by atoms with Crippen molar-refractivity contribution in [2.24, 2.45) is 0 Å². The third-order valence-electron chi connectivity index (χ3n) is 2.88. The Morgan fingerprint density at radius 2 is 2.00 bits per heavy atom. The number of amides is 1. The first kappa shape index (κ1) is 17.1. The summed E-state index contributed by atoms with van der Waals surface area (Å²) >= 11 is 0. The van der Waals surface area contributed by atoms with Gasteiger partial charge in [-0.3, -0.25) is 4.79 Å². The minimum Gasteiger partial charge on any atom is -0.341 e. The van der Waals surface area contributed by atoms with Gasteiger partial charge in [0.2, 0.25) is 10.0 Å². The fourth-order valence-corrected chi connectivity index (χ4v) is 3.26. The zero-order valence-corrected chi connectivity index (χ0v) is 12.7. The van der Waals surface area contributed by atoms with Crippen molar-refractivity contribution in [1.29, 1.82) is 0 Å². The lowest BCUT2D eigenvalue weighted by Crippen LogP contribution is -2.31. The number of sulfonamides is 1. The molecule has 0 radical (unpaired) electrons. The number of carbonyl (C=O) groups excluding carboxylic acids is 1. The van der Waals surface area contributed by atoms with Crippen molar-refractivity contribution in [3.05, 3.63) is 29.6 Å². The van der Waals surface area contributed by atoms with E-state index in [1.807, 2.05) is 0 Å². The third-order valence-corrected chi connectivity index (χ3v) is 4.92. The summed E-state index contributed by atoms with van der Waals surface area (Å²) in [6.45, 7) is 3.91. The Kier molecular flexibility index (Phi) is 5.88. The quantitative estimate of drug-likeness (QED) is 0.803. The van der Waals surface area contributed by atoms with E-state index < -0.39 is 21.7 Å². The highest BCUT2D eigenvalue weighted by Gasteiger charge is 2.24. The van der Waals surface area contributed by atoms with Crippen molar-refractivity contribution >= 4 is 15.9 Å². The molecule has 1 aromatic carbocycles. The maximum Gasteiger partial charge on any atom is 0.255 e. The van der Waals surface area contributed by atoms with Crippen LogP contribution in [0.2, 0.25) is 0 Å². The molecule has 0 spiro atoms. The molecule has 1 rings (SSSR count). The molecule has 0 heterocycles. The van der Waals surface area contributed by atoms with Gasteiger partial charge in [-0.05, 0) is 18.2 Å². The molecule has 0 saturated heterocycles. The number of halogens is 1. The highest BCUT2D eigenvalue weighted by molar-refractivity contribution is 7.89. The van der Waals surface area contributed by atoms with Gasteiger partial charge >= 0.3 is 0 Å². The van der Waals surface area contributed by atoms with Crippen LogP contribution in [0.15, 0.2) is 23.1 Å². The summed E-state index contributed by atoms with van der Waals surface area (Å²) in [4.78, 5) is 11.6. The molecule has 0 unspecified atom stereocenters. The van der Waals surface area contributed by atoms with Gasteiger partial charge in [-0.2, -0.15) is 4.31 Å². The molecule has 0 saturated carbocycles. The van der Waals surface area contributed by atoms with Crippen LogP contribution in [0, 0.1) is 18.2 Å². The number of rotatable bonds is 6. The average molecular weight is 312 g/mol. The van der Waals surface area contributed by atoms with Gasteiger partial charge in [-0.1, -0.05) is 19.8 Å². The summed E-state index contributed by atoms with van der Waals surface area (Å²) in [5.41, 5.74) is -0.349. The van der Waals surface area contributed by atoms with E-state index in [-0.39, 0.29) is 30.1 Å². The van der Waals surface area contributed by atoms with Gasteiger partial charge in [0.15, 0.2) is 0 Å². The van der Waals surface area contributed by atoms with Crippen LogP contribution >= 0.6 is 0 Å². The highest BCUT2D eigenvalue weighted by atomic mass is 32.2. The van der Waals surface area contributed by atoms with Crippen molar-refractivity contribution in [1.82, 2.24) is 9.62 Å². The first-order valence-corrected chi connectivity index (χ1v) is 7.83. The van der Waals surface area contributed by atoms with Crippen LogP contribution < -0.4 is 5.32 Å². The Morgan fingerprint density at radius 1 is 1.38 bits per heavy atom. The van der Waals surface area contributed by atoms with E-state index in [1.165, 1.54) is 4.31 Å². The SMILES string of the molecule is C#CCNC(=O)c1cc(S(=O)(=O)N(CC)CC)ccc1F. The monoisotopic (exact) mass is 312 g/mol. The minimum atomic E-state index is -3.75. The molecular formula is C14H17FN2O3S.